The van der Waals surface area contributed by atoms with Crippen molar-refractivity contribution in [2.24, 2.45) is 0 Å². The van der Waals surface area contributed by atoms with E-state index in [1.165, 1.54) is 5.56 Å². The molecule has 0 aliphatic carbocycles. The van der Waals surface area contributed by atoms with Gasteiger partial charge < -0.3 is 14.8 Å². The molecule has 0 fully saturated rings. The number of nitrogens with one attached hydrogen (secondary N) is 1. The molecule has 3 nitrogen and oxygen atoms in total. The number of halogens is 1. The van der Waals surface area contributed by atoms with Crippen LogP contribution in [0.25, 0.3) is 0 Å². The number of ether oxygens (including phenoxy) is 2. The van der Waals surface area contributed by atoms with Gasteiger partial charge >= 0.3 is 0 Å². The fourth-order valence-corrected chi connectivity index (χ4v) is 1.76. The van der Waals surface area contributed by atoms with Crippen molar-refractivity contribution in [1.82, 2.24) is 5.32 Å². The fraction of sp³-hybridized carbons (Fsp3) is 0.571. The molecule has 1 unspecified atom stereocenters. The highest BCUT2D eigenvalue weighted by Crippen LogP contribution is 2.23. The molecule has 0 bridgehead atoms. The predicted octanol–water partition coefficient (Wildman–Crippen LogP) is 3.36. The largest absolute Gasteiger partial charge is 0.491 e. The van der Waals surface area contributed by atoms with Gasteiger partial charge in [-0.25, -0.2) is 0 Å². The standard InChI is InChI=1S/C14H22BrNO2/c1-10(2)16-8-12-7-13(5-6-14(12)15)18-9-11(3)17-4/h5-7,10-11,16H,8-9H2,1-4H3. The maximum Gasteiger partial charge on any atom is 0.119 e. The Balaban J connectivity index is 2.62. The summed E-state index contributed by atoms with van der Waals surface area (Å²) in [6, 6.07) is 6.51. The van der Waals surface area contributed by atoms with Crippen LogP contribution < -0.4 is 10.1 Å². The first-order valence-corrected chi connectivity index (χ1v) is 6.99. The van der Waals surface area contributed by atoms with Crippen LogP contribution in [0, 0.1) is 0 Å². The molecule has 1 atom stereocenters. The van der Waals surface area contributed by atoms with E-state index < -0.39 is 0 Å². The molecule has 0 spiro atoms. The summed E-state index contributed by atoms with van der Waals surface area (Å²) in [4.78, 5) is 0. The Morgan fingerprint density at radius 3 is 2.61 bits per heavy atom. The van der Waals surface area contributed by atoms with Gasteiger partial charge in [-0.1, -0.05) is 29.8 Å². The van der Waals surface area contributed by atoms with Gasteiger partial charge in [0.15, 0.2) is 0 Å². The van der Waals surface area contributed by atoms with Crippen molar-refractivity contribution in [3.63, 3.8) is 0 Å². The zero-order chi connectivity index (χ0) is 13.5. The van der Waals surface area contributed by atoms with E-state index in [1.54, 1.807) is 7.11 Å². The second-order valence-corrected chi connectivity index (χ2v) is 5.50. The molecule has 1 aromatic carbocycles. The molecule has 0 aromatic heterocycles. The van der Waals surface area contributed by atoms with Crippen LogP contribution in [-0.4, -0.2) is 25.9 Å². The molecule has 1 N–H and O–H groups in total. The Morgan fingerprint density at radius 1 is 1.28 bits per heavy atom. The quantitative estimate of drug-likeness (QED) is 0.837. The molecular weight excluding hydrogens is 294 g/mol. The molecule has 0 aliphatic heterocycles. The summed E-state index contributed by atoms with van der Waals surface area (Å²) >= 11 is 3.55. The van der Waals surface area contributed by atoms with Crippen molar-refractivity contribution in [2.75, 3.05) is 13.7 Å². The molecule has 0 amide bonds. The Kier molecular flexibility index (Phi) is 6.68. The van der Waals surface area contributed by atoms with Crippen LogP contribution in [0.4, 0.5) is 0 Å². The van der Waals surface area contributed by atoms with Crippen molar-refractivity contribution in [1.29, 1.82) is 0 Å². The average molecular weight is 316 g/mol. The molecule has 102 valence electrons. The van der Waals surface area contributed by atoms with Gasteiger partial charge in [0.2, 0.25) is 0 Å². The highest BCUT2D eigenvalue weighted by atomic mass is 79.9. The minimum atomic E-state index is 0.103. The molecule has 18 heavy (non-hydrogen) atoms. The van der Waals surface area contributed by atoms with E-state index in [1.807, 2.05) is 19.1 Å². The molecule has 0 saturated heterocycles. The highest BCUT2D eigenvalue weighted by Gasteiger charge is 2.05. The molecule has 0 aliphatic rings. The van der Waals surface area contributed by atoms with Crippen molar-refractivity contribution >= 4 is 15.9 Å². The third kappa shape index (κ3) is 5.38. The monoisotopic (exact) mass is 315 g/mol. The lowest BCUT2D eigenvalue weighted by molar-refractivity contribution is 0.0716. The van der Waals surface area contributed by atoms with Gasteiger partial charge in [-0.05, 0) is 30.7 Å². The van der Waals surface area contributed by atoms with E-state index in [2.05, 4.69) is 41.2 Å². The van der Waals surface area contributed by atoms with Crippen molar-refractivity contribution in [3.8, 4) is 5.75 Å². The maximum absolute atomic E-state index is 5.69. The van der Waals surface area contributed by atoms with E-state index in [0.29, 0.717) is 12.6 Å². The van der Waals surface area contributed by atoms with Gasteiger partial charge in [0, 0.05) is 24.2 Å². The Morgan fingerprint density at radius 2 is 2.00 bits per heavy atom. The average Bonchev–Trinajstić information content (AvgIpc) is 2.35. The second kappa shape index (κ2) is 7.77. The summed E-state index contributed by atoms with van der Waals surface area (Å²) in [5.41, 5.74) is 1.20. The first-order chi connectivity index (χ1) is 8.52. The van der Waals surface area contributed by atoms with E-state index in [0.717, 1.165) is 16.8 Å². The predicted molar refractivity (Wildman–Crippen MR) is 78.1 cm³/mol. The zero-order valence-corrected chi connectivity index (χ0v) is 13.1. The summed E-state index contributed by atoms with van der Waals surface area (Å²) < 4.78 is 11.9. The molecule has 1 rings (SSSR count). The molecular formula is C14H22BrNO2. The zero-order valence-electron chi connectivity index (χ0n) is 11.5. The van der Waals surface area contributed by atoms with E-state index >= 15 is 0 Å². The summed E-state index contributed by atoms with van der Waals surface area (Å²) in [7, 11) is 1.69. The van der Waals surface area contributed by atoms with Crippen LogP contribution in [0.2, 0.25) is 0 Å². The summed E-state index contributed by atoms with van der Waals surface area (Å²) in [5.74, 6) is 0.877. The topological polar surface area (TPSA) is 30.5 Å². The van der Waals surface area contributed by atoms with Gasteiger partial charge in [-0.3, -0.25) is 0 Å². The van der Waals surface area contributed by atoms with Crippen LogP contribution in [0.15, 0.2) is 22.7 Å². The third-order valence-electron chi connectivity index (χ3n) is 2.61. The fourth-order valence-electron chi connectivity index (χ4n) is 1.37. The lowest BCUT2D eigenvalue weighted by Crippen LogP contribution is -2.22. The molecule has 0 heterocycles. The number of methoxy groups -OCH3 is 1. The van der Waals surface area contributed by atoms with Gasteiger partial charge in [0.05, 0.1) is 6.10 Å². The van der Waals surface area contributed by atoms with Gasteiger partial charge in [0.25, 0.3) is 0 Å². The summed E-state index contributed by atoms with van der Waals surface area (Å²) in [5, 5.41) is 3.40. The summed E-state index contributed by atoms with van der Waals surface area (Å²) in [6.45, 7) is 7.65. The Bertz CT molecular complexity index is 369. The van der Waals surface area contributed by atoms with E-state index in [4.69, 9.17) is 9.47 Å². The molecule has 0 radical (unpaired) electrons. The first kappa shape index (κ1) is 15.5. The van der Waals surface area contributed by atoms with Gasteiger partial charge in [-0.2, -0.15) is 0 Å². The van der Waals surface area contributed by atoms with Gasteiger partial charge in [0.1, 0.15) is 12.4 Å². The number of benzene rings is 1. The first-order valence-electron chi connectivity index (χ1n) is 6.20. The minimum absolute atomic E-state index is 0.103. The Hall–Kier alpha value is -0.580. The van der Waals surface area contributed by atoms with Crippen LogP contribution >= 0.6 is 15.9 Å². The SMILES string of the molecule is COC(C)COc1ccc(Br)c(CNC(C)C)c1. The van der Waals surface area contributed by atoms with E-state index in [9.17, 15) is 0 Å². The van der Waals surface area contributed by atoms with Crippen molar-refractivity contribution in [3.05, 3.63) is 28.2 Å². The number of hydrogen-bond donors (Lipinski definition) is 1. The smallest absolute Gasteiger partial charge is 0.119 e. The third-order valence-corrected chi connectivity index (χ3v) is 3.38. The van der Waals surface area contributed by atoms with Crippen LogP contribution in [0.1, 0.15) is 26.3 Å². The summed E-state index contributed by atoms with van der Waals surface area (Å²) in [6.07, 6.45) is 0.103. The van der Waals surface area contributed by atoms with Crippen LogP contribution in [0.5, 0.6) is 5.75 Å². The minimum Gasteiger partial charge on any atom is -0.491 e. The number of rotatable bonds is 7. The van der Waals surface area contributed by atoms with Crippen molar-refractivity contribution < 1.29 is 9.47 Å². The van der Waals surface area contributed by atoms with Crippen LogP contribution in [0.3, 0.4) is 0 Å². The van der Waals surface area contributed by atoms with Crippen LogP contribution in [-0.2, 0) is 11.3 Å². The molecule has 4 heteroatoms. The highest BCUT2D eigenvalue weighted by molar-refractivity contribution is 9.10. The molecule has 0 saturated carbocycles. The van der Waals surface area contributed by atoms with Gasteiger partial charge in [-0.15, -0.1) is 0 Å². The Labute approximate surface area is 118 Å². The second-order valence-electron chi connectivity index (χ2n) is 4.65. The van der Waals surface area contributed by atoms with Crippen molar-refractivity contribution in [2.45, 2.75) is 39.5 Å². The van der Waals surface area contributed by atoms with E-state index in [-0.39, 0.29) is 6.10 Å². The lowest BCUT2D eigenvalue weighted by atomic mass is 10.2. The normalized spacial score (nSPS) is 12.8. The molecule has 1 aromatic rings. The lowest BCUT2D eigenvalue weighted by Gasteiger charge is -2.14. The maximum atomic E-state index is 5.69. The number of hydrogen-bond acceptors (Lipinski definition) is 3.